The minimum atomic E-state index is -1.04. The largest absolute Gasteiger partial charge is 0.463 e. The average Bonchev–Trinajstić information content (AvgIpc) is 3.39. The summed E-state index contributed by atoms with van der Waals surface area (Å²) in [5.41, 5.74) is 1.40. The van der Waals surface area contributed by atoms with Crippen molar-refractivity contribution in [1.82, 2.24) is 10.1 Å². The third kappa shape index (κ3) is 3.86. The number of ether oxygens (including phenoxy) is 1. The van der Waals surface area contributed by atoms with Gasteiger partial charge in [-0.2, -0.15) is 0 Å². The highest BCUT2D eigenvalue weighted by molar-refractivity contribution is 6.05. The number of nitrogens with zero attached hydrogens (tertiary/aromatic N) is 2. The number of hydrogen-bond acceptors (Lipinski definition) is 7. The zero-order valence-corrected chi connectivity index (χ0v) is 15.7. The average molecular weight is 391 g/mol. The van der Waals surface area contributed by atoms with Gasteiger partial charge in [-0.25, -0.2) is 9.78 Å². The Balaban J connectivity index is 1.59. The number of anilines is 1. The van der Waals surface area contributed by atoms with Crippen LogP contribution in [0.5, 0.6) is 0 Å². The van der Waals surface area contributed by atoms with Crippen molar-refractivity contribution in [3.8, 4) is 11.5 Å². The smallest absolute Gasteiger partial charge is 0.339 e. The Hall–Kier alpha value is -3.94. The first-order valence-corrected chi connectivity index (χ1v) is 8.90. The molecule has 3 heterocycles. The molecule has 0 bridgehead atoms. The molecule has 0 aliphatic heterocycles. The first-order valence-electron chi connectivity index (χ1n) is 8.90. The lowest BCUT2D eigenvalue weighted by Crippen LogP contribution is -2.30. The number of rotatable bonds is 5. The van der Waals surface area contributed by atoms with E-state index in [0.717, 1.165) is 0 Å². The van der Waals surface area contributed by atoms with Gasteiger partial charge in [0.2, 0.25) is 0 Å². The highest BCUT2D eigenvalue weighted by Gasteiger charge is 2.22. The molecule has 1 atom stereocenters. The van der Waals surface area contributed by atoms with E-state index in [-0.39, 0.29) is 5.82 Å². The van der Waals surface area contributed by atoms with Gasteiger partial charge >= 0.3 is 5.97 Å². The van der Waals surface area contributed by atoms with Crippen LogP contribution in [0.1, 0.15) is 23.0 Å². The number of carbonyl (C=O) groups is 2. The van der Waals surface area contributed by atoms with Gasteiger partial charge in [-0.3, -0.25) is 4.79 Å². The highest BCUT2D eigenvalue weighted by atomic mass is 16.5. The molecule has 0 saturated carbocycles. The number of hydrogen-bond donors (Lipinski definition) is 1. The van der Waals surface area contributed by atoms with Crippen molar-refractivity contribution in [3.05, 3.63) is 66.1 Å². The van der Waals surface area contributed by atoms with Crippen molar-refractivity contribution in [2.45, 2.75) is 20.0 Å². The van der Waals surface area contributed by atoms with Crippen molar-refractivity contribution < 1.29 is 23.3 Å². The molecule has 1 amide bonds. The third-order valence-electron chi connectivity index (χ3n) is 4.24. The number of carbonyl (C=O) groups excluding carboxylic acids is 2. The number of aryl methyl sites for hydroxylation is 1. The summed E-state index contributed by atoms with van der Waals surface area (Å²) in [5.74, 6) is 0.173. The van der Waals surface area contributed by atoms with Crippen molar-refractivity contribution in [3.63, 3.8) is 0 Å². The maximum absolute atomic E-state index is 12.9. The molecule has 8 heteroatoms. The zero-order chi connectivity index (χ0) is 20.4. The van der Waals surface area contributed by atoms with Crippen LogP contribution in [0.4, 0.5) is 5.82 Å². The van der Waals surface area contributed by atoms with E-state index < -0.39 is 18.0 Å². The van der Waals surface area contributed by atoms with Crippen LogP contribution in [0.2, 0.25) is 0 Å². The van der Waals surface area contributed by atoms with Crippen molar-refractivity contribution in [1.29, 1.82) is 0 Å². The summed E-state index contributed by atoms with van der Waals surface area (Å²) in [4.78, 5) is 29.7. The standard InChI is InChI=1S/C21H17N3O5/c1-12-10-19(24-29-12)23-20(25)13(2)28-21(26)15-11-17(18-8-5-9-27-18)22-16-7-4-3-6-14(15)16/h3-11,13H,1-2H3,(H,23,24,25)/t13-/m1/s1. The molecule has 3 aromatic heterocycles. The number of esters is 1. The second-order valence-electron chi connectivity index (χ2n) is 6.41. The molecule has 0 radical (unpaired) electrons. The molecule has 0 aliphatic rings. The lowest BCUT2D eigenvalue weighted by molar-refractivity contribution is -0.123. The van der Waals surface area contributed by atoms with Gasteiger partial charge in [-0.05, 0) is 38.1 Å². The SMILES string of the molecule is Cc1cc(NC(=O)[C@@H](C)OC(=O)c2cc(-c3ccco3)nc3ccccc23)no1. The van der Waals surface area contributed by atoms with E-state index in [1.807, 2.05) is 6.07 Å². The van der Waals surface area contributed by atoms with Crippen LogP contribution in [0.15, 0.2) is 63.7 Å². The monoisotopic (exact) mass is 391 g/mol. The summed E-state index contributed by atoms with van der Waals surface area (Å²) in [6, 6.07) is 13.8. The first-order chi connectivity index (χ1) is 14.0. The Morgan fingerprint density at radius 3 is 2.69 bits per heavy atom. The number of benzene rings is 1. The van der Waals surface area contributed by atoms with Gasteiger partial charge in [0.05, 0.1) is 17.3 Å². The predicted octanol–water partition coefficient (Wildman–Crippen LogP) is 3.98. The second kappa shape index (κ2) is 7.59. The Bertz CT molecular complexity index is 1180. The van der Waals surface area contributed by atoms with Crippen LogP contribution in [-0.4, -0.2) is 28.1 Å². The van der Waals surface area contributed by atoms with E-state index in [2.05, 4.69) is 15.5 Å². The molecule has 8 nitrogen and oxygen atoms in total. The summed E-state index contributed by atoms with van der Waals surface area (Å²) >= 11 is 0. The second-order valence-corrected chi connectivity index (χ2v) is 6.41. The lowest BCUT2D eigenvalue weighted by atomic mass is 10.1. The Morgan fingerprint density at radius 1 is 1.14 bits per heavy atom. The summed E-state index contributed by atoms with van der Waals surface area (Å²) < 4.78 is 15.7. The number of furan rings is 1. The van der Waals surface area contributed by atoms with Crippen LogP contribution in [-0.2, 0) is 9.53 Å². The minimum absolute atomic E-state index is 0.255. The zero-order valence-electron chi connectivity index (χ0n) is 15.7. The number of aromatic nitrogens is 2. The molecule has 0 spiro atoms. The molecule has 29 heavy (non-hydrogen) atoms. The van der Waals surface area contributed by atoms with Gasteiger partial charge in [0.25, 0.3) is 5.91 Å². The quantitative estimate of drug-likeness (QED) is 0.513. The maximum Gasteiger partial charge on any atom is 0.339 e. The van der Waals surface area contributed by atoms with Gasteiger partial charge in [0.1, 0.15) is 11.5 Å². The van der Waals surface area contributed by atoms with Crippen molar-refractivity contribution in [2.75, 3.05) is 5.32 Å². The summed E-state index contributed by atoms with van der Waals surface area (Å²) in [6.07, 6.45) is 0.487. The van der Waals surface area contributed by atoms with Crippen molar-refractivity contribution >= 4 is 28.6 Å². The van der Waals surface area contributed by atoms with E-state index in [0.29, 0.717) is 33.7 Å². The minimum Gasteiger partial charge on any atom is -0.463 e. The van der Waals surface area contributed by atoms with Crippen LogP contribution < -0.4 is 5.32 Å². The highest BCUT2D eigenvalue weighted by Crippen LogP contribution is 2.26. The van der Waals surface area contributed by atoms with E-state index in [1.54, 1.807) is 49.4 Å². The molecule has 1 N–H and O–H groups in total. The number of nitrogens with one attached hydrogen (secondary N) is 1. The molecule has 146 valence electrons. The van der Waals surface area contributed by atoms with Gasteiger partial charge in [-0.15, -0.1) is 0 Å². The Morgan fingerprint density at radius 2 is 1.97 bits per heavy atom. The fourth-order valence-corrected chi connectivity index (χ4v) is 2.83. The molecule has 0 unspecified atom stereocenters. The van der Waals surface area contributed by atoms with Gasteiger partial charge in [-0.1, -0.05) is 23.4 Å². The Kier molecular flexibility index (Phi) is 4.82. The third-order valence-corrected chi connectivity index (χ3v) is 4.24. The maximum atomic E-state index is 12.9. The number of fused-ring (bicyclic) bond motifs is 1. The summed E-state index contributed by atoms with van der Waals surface area (Å²) in [6.45, 7) is 3.19. The van der Waals surface area contributed by atoms with Crippen LogP contribution in [0.3, 0.4) is 0 Å². The summed E-state index contributed by atoms with van der Waals surface area (Å²) in [7, 11) is 0. The van der Waals surface area contributed by atoms with E-state index in [1.165, 1.54) is 13.2 Å². The number of amides is 1. The van der Waals surface area contributed by atoms with Gasteiger partial charge in [0, 0.05) is 11.5 Å². The normalized spacial score (nSPS) is 11.9. The van der Waals surface area contributed by atoms with E-state index in [4.69, 9.17) is 13.7 Å². The molecular weight excluding hydrogens is 374 g/mol. The van der Waals surface area contributed by atoms with Gasteiger partial charge in [0.15, 0.2) is 17.7 Å². The van der Waals surface area contributed by atoms with Gasteiger partial charge < -0.3 is 19.0 Å². The van der Waals surface area contributed by atoms with Crippen LogP contribution in [0.25, 0.3) is 22.4 Å². The number of pyridine rings is 1. The molecule has 1 aromatic carbocycles. The fourth-order valence-electron chi connectivity index (χ4n) is 2.83. The van der Waals surface area contributed by atoms with Crippen LogP contribution >= 0.6 is 0 Å². The summed E-state index contributed by atoms with van der Waals surface area (Å²) in [5, 5.41) is 6.85. The molecule has 4 aromatic rings. The molecule has 0 saturated heterocycles. The Labute approximate surface area is 165 Å². The van der Waals surface area contributed by atoms with E-state index in [9.17, 15) is 9.59 Å². The molecule has 4 rings (SSSR count). The molecule has 0 fully saturated rings. The molecular formula is C21H17N3O5. The predicted molar refractivity (Wildman–Crippen MR) is 104 cm³/mol. The number of para-hydroxylation sites is 1. The fraction of sp³-hybridized carbons (Fsp3) is 0.143. The topological polar surface area (TPSA) is 107 Å². The van der Waals surface area contributed by atoms with Crippen molar-refractivity contribution in [2.24, 2.45) is 0 Å². The molecule has 0 aliphatic carbocycles. The van der Waals surface area contributed by atoms with Crippen LogP contribution in [0, 0.1) is 6.92 Å². The first kappa shape index (κ1) is 18.4. The lowest BCUT2D eigenvalue weighted by Gasteiger charge is -2.14. The van der Waals surface area contributed by atoms with E-state index >= 15 is 0 Å².